The number of rotatable bonds is 5. The van der Waals surface area contributed by atoms with E-state index in [1.54, 1.807) is 11.8 Å². The average molecular weight is 340 g/mol. The first-order valence-electron chi connectivity index (χ1n) is 7.96. The van der Waals surface area contributed by atoms with Crippen LogP contribution in [0, 0.1) is 0 Å². The Morgan fingerprint density at radius 3 is 2.43 bits per heavy atom. The Balaban J connectivity index is 2.37. The van der Waals surface area contributed by atoms with Gasteiger partial charge in [-0.2, -0.15) is 0 Å². The van der Waals surface area contributed by atoms with Gasteiger partial charge in [-0.3, -0.25) is 4.79 Å². The molecule has 1 N–H and O–H groups in total. The van der Waals surface area contributed by atoms with Crippen molar-refractivity contribution in [2.24, 2.45) is 0 Å². The number of carbonyl (C=O) groups is 1. The van der Waals surface area contributed by atoms with Crippen LogP contribution in [0.4, 0.5) is 0 Å². The van der Waals surface area contributed by atoms with Gasteiger partial charge in [-0.1, -0.05) is 19.8 Å². The van der Waals surface area contributed by atoms with E-state index in [0.717, 1.165) is 25.7 Å². The lowest BCUT2D eigenvalue weighted by atomic mass is 10.1. The van der Waals surface area contributed by atoms with Crippen LogP contribution in [0.2, 0.25) is 0 Å². The summed E-state index contributed by atoms with van der Waals surface area (Å²) in [6, 6.07) is 4.40. The summed E-state index contributed by atoms with van der Waals surface area (Å²) in [5.41, 5.74) is 0.299. The van der Waals surface area contributed by atoms with Crippen molar-refractivity contribution in [3.05, 3.63) is 23.8 Å². The summed E-state index contributed by atoms with van der Waals surface area (Å²) in [7, 11) is -2.13. The summed E-state index contributed by atoms with van der Waals surface area (Å²) < 4.78 is 32.0. The summed E-state index contributed by atoms with van der Waals surface area (Å²) in [6.45, 7) is 3.41. The van der Waals surface area contributed by atoms with Crippen LogP contribution in [0.15, 0.2) is 23.1 Å². The maximum Gasteiger partial charge on any atom is 0.257 e. The van der Waals surface area contributed by atoms with Gasteiger partial charge in [0.15, 0.2) is 0 Å². The second kappa shape index (κ2) is 7.79. The third-order valence-corrected chi connectivity index (χ3v) is 5.48. The highest BCUT2D eigenvalue weighted by Gasteiger charge is 2.23. The molecule has 1 aromatic carbocycles. The predicted molar refractivity (Wildman–Crippen MR) is 88.2 cm³/mol. The molecule has 0 atom stereocenters. The van der Waals surface area contributed by atoms with E-state index in [1.165, 1.54) is 25.3 Å². The van der Waals surface area contributed by atoms with E-state index >= 15 is 0 Å². The summed E-state index contributed by atoms with van der Waals surface area (Å²) >= 11 is 0. The molecule has 0 unspecified atom stereocenters. The van der Waals surface area contributed by atoms with Gasteiger partial charge >= 0.3 is 0 Å². The van der Waals surface area contributed by atoms with E-state index in [0.29, 0.717) is 30.9 Å². The summed E-state index contributed by atoms with van der Waals surface area (Å²) in [5.74, 6) is 0.229. The Kier molecular flexibility index (Phi) is 6.01. The van der Waals surface area contributed by atoms with E-state index in [4.69, 9.17) is 4.74 Å². The minimum absolute atomic E-state index is 0.0818. The number of likely N-dealkylation sites (tertiary alicyclic amines) is 1. The molecule has 2 rings (SSSR count). The summed E-state index contributed by atoms with van der Waals surface area (Å²) in [5, 5.41) is 0. The molecule has 0 aliphatic carbocycles. The van der Waals surface area contributed by atoms with Crippen molar-refractivity contribution >= 4 is 15.9 Å². The largest absolute Gasteiger partial charge is 0.496 e. The molecule has 1 aromatic rings. The summed E-state index contributed by atoms with van der Waals surface area (Å²) in [6.07, 6.45) is 4.19. The minimum atomic E-state index is -3.61. The molecular weight excluding hydrogens is 316 g/mol. The van der Waals surface area contributed by atoms with Crippen LogP contribution in [-0.2, 0) is 10.0 Å². The number of benzene rings is 1. The van der Waals surface area contributed by atoms with Gasteiger partial charge in [-0.05, 0) is 31.0 Å². The lowest BCUT2D eigenvalue weighted by molar-refractivity contribution is 0.0758. The number of amides is 1. The highest BCUT2D eigenvalue weighted by molar-refractivity contribution is 7.89. The molecule has 1 aliphatic rings. The molecule has 0 radical (unpaired) electrons. The van der Waals surface area contributed by atoms with Gasteiger partial charge in [0, 0.05) is 19.6 Å². The van der Waals surface area contributed by atoms with Crippen LogP contribution in [0.1, 0.15) is 43.0 Å². The maximum atomic E-state index is 12.8. The van der Waals surface area contributed by atoms with E-state index < -0.39 is 10.0 Å². The molecule has 1 aliphatic heterocycles. The lowest BCUT2D eigenvalue weighted by Crippen LogP contribution is -2.32. The first-order chi connectivity index (χ1) is 11.0. The van der Waals surface area contributed by atoms with Gasteiger partial charge in [0.1, 0.15) is 5.75 Å². The number of methoxy groups -OCH3 is 1. The molecule has 0 spiro atoms. The Morgan fingerprint density at radius 2 is 1.87 bits per heavy atom. The first kappa shape index (κ1) is 17.7. The minimum Gasteiger partial charge on any atom is -0.496 e. The fraction of sp³-hybridized carbons (Fsp3) is 0.562. The molecular formula is C16H24N2O4S. The van der Waals surface area contributed by atoms with Crippen LogP contribution >= 0.6 is 0 Å². The van der Waals surface area contributed by atoms with Crippen LogP contribution in [0.25, 0.3) is 0 Å². The van der Waals surface area contributed by atoms with E-state index in [1.807, 2.05) is 0 Å². The Morgan fingerprint density at radius 1 is 1.22 bits per heavy atom. The molecule has 1 amide bonds. The van der Waals surface area contributed by atoms with Gasteiger partial charge < -0.3 is 9.64 Å². The molecule has 6 nitrogen and oxygen atoms in total. The number of sulfonamides is 1. The monoisotopic (exact) mass is 340 g/mol. The van der Waals surface area contributed by atoms with Crippen molar-refractivity contribution in [2.75, 3.05) is 26.7 Å². The predicted octanol–water partition coefficient (Wildman–Crippen LogP) is 2.01. The highest BCUT2D eigenvalue weighted by atomic mass is 32.2. The Bertz CT molecular complexity index is 650. The van der Waals surface area contributed by atoms with Crippen LogP contribution in [0.5, 0.6) is 5.75 Å². The molecule has 0 aromatic heterocycles. The van der Waals surface area contributed by atoms with Crippen molar-refractivity contribution in [2.45, 2.75) is 37.5 Å². The first-order valence-corrected chi connectivity index (χ1v) is 9.45. The zero-order valence-electron chi connectivity index (χ0n) is 13.7. The van der Waals surface area contributed by atoms with Crippen molar-refractivity contribution in [3.8, 4) is 5.75 Å². The number of hydrogen-bond acceptors (Lipinski definition) is 4. The summed E-state index contributed by atoms with van der Waals surface area (Å²) in [4.78, 5) is 14.7. The highest BCUT2D eigenvalue weighted by Crippen LogP contribution is 2.25. The Hall–Kier alpha value is -1.60. The topological polar surface area (TPSA) is 75.7 Å². The van der Waals surface area contributed by atoms with Gasteiger partial charge in [0.2, 0.25) is 10.0 Å². The second-order valence-electron chi connectivity index (χ2n) is 5.57. The normalized spacial score (nSPS) is 16.0. The number of nitrogens with one attached hydrogen (secondary N) is 1. The molecule has 0 saturated carbocycles. The third-order valence-electron chi connectivity index (χ3n) is 3.94. The molecule has 7 heteroatoms. The number of nitrogens with zero attached hydrogens (tertiary/aromatic N) is 1. The number of ether oxygens (including phenoxy) is 1. The third kappa shape index (κ3) is 4.23. The van der Waals surface area contributed by atoms with Crippen molar-refractivity contribution in [3.63, 3.8) is 0 Å². The SMILES string of the molecule is CCNS(=O)(=O)c1ccc(OC)c(C(=O)N2CCCCCC2)c1. The molecule has 1 saturated heterocycles. The molecule has 128 valence electrons. The van der Waals surface area contributed by atoms with Gasteiger partial charge in [-0.25, -0.2) is 13.1 Å². The van der Waals surface area contributed by atoms with E-state index in [9.17, 15) is 13.2 Å². The quantitative estimate of drug-likeness (QED) is 0.890. The number of carbonyl (C=O) groups excluding carboxylic acids is 1. The van der Waals surface area contributed by atoms with E-state index in [-0.39, 0.29) is 10.8 Å². The zero-order chi connectivity index (χ0) is 16.9. The van der Waals surface area contributed by atoms with Crippen LogP contribution in [0.3, 0.4) is 0 Å². The fourth-order valence-electron chi connectivity index (χ4n) is 2.74. The Labute approximate surface area is 137 Å². The second-order valence-corrected chi connectivity index (χ2v) is 7.34. The van der Waals surface area contributed by atoms with Crippen LogP contribution < -0.4 is 9.46 Å². The van der Waals surface area contributed by atoms with Crippen molar-refractivity contribution in [1.82, 2.24) is 9.62 Å². The van der Waals surface area contributed by atoms with Crippen molar-refractivity contribution in [1.29, 1.82) is 0 Å². The van der Waals surface area contributed by atoms with Crippen LogP contribution in [-0.4, -0.2) is 46.0 Å². The smallest absolute Gasteiger partial charge is 0.257 e. The molecule has 1 heterocycles. The molecule has 23 heavy (non-hydrogen) atoms. The molecule has 1 fully saturated rings. The van der Waals surface area contributed by atoms with Gasteiger partial charge in [0.05, 0.1) is 17.6 Å². The standard InChI is InChI=1S/C16H24N2O4S/c1-3-17-23(20,21)13-8-9-15(22-2)14(12-13)16(19)18-10-6-4-5-7-11-18/h8-9,12,17H,3-7,10-11H2,1-2H3. The lowest BCUT2D eigenvalue weighted by Gasteiger charge is -2.22. The number of hydrogen-bond donors (Lipinski definition) is 1. The average Bonchev–Trinajstić information content (AvgIpc) is 2.82. The molecule has 0 bridgehead atoms. The van der Waals surface area contributed by atoms with Crippen molar-refractivity contribution < 1.29 is 17.9 Å². The van der Waals surface area contributed by atoms with E-state index in [2.05, 4.69) is 4.72 Å². The fourth-order valence-corrected chi connectivity index (χ4v) is 3.81. The van der Waals surface area contributed by atoms with Gasteiger partial charge in [0.25, 0.3) is 5.91 Å². The maximum absolute atomic E-state index is 12.8. The van der Waals surface area contributed by atoms with Gasteiger partial charge in [-0.15, -0.1) is 0 Å². The zero-order valence-corrected chi connectivity index (χ0v) is 14.5.